The Morgan fingerprint density at radius 2 is 1.78 bits per heavy atom. The summed E-state index contributed by atoms with van der Waals surface area (Å²) in [5, 5.41) is 5.88. The normalized spacial score (nSPS) is 12.2. The van der Waals surface area contributed by atoms with Crippen molar-refractivity contribution >= 4 is 21.7 Å². The number of nitrogens with zero attached hydrogens (tertiary/aromatic N) is 2. The number of aromatic nitrogens is 1. The molecule has 0 saturated carbocycles. The molecule has 170 valence electrons. The van der Waals surface area contributed by atoms with Gasteiger partial charge in [-0.1, -0.05) is 29.4 Å². The fraction of sp³-hybridized carbons (Fsp3) is 0.200. The second-order valence-corrected chi connectivity index (χ2v) is 8.67. The summed E-state index contributed by atoms with van der Waals surface area (Å²) in [6.07, 6.45) is -4.94. The number of hydrogen-bond acceptors (Lipinski definition) is 5. The van der Waals surface area contributed by atoms with Crippen molar-refractivity contribution in [2.24, 2.45) is 0 Å². The van der Waals surface area contributed by atoms with E-state index < -0.39 is 51.5 Å². The smallest absolute Gasteiger partial charge is 0.360 e. The summed E-state index contributed by atoms with van der Waals surface area (Å²) in [5.74, 6) is -1.03. The molecule has 1 amide bonds. The van der Waals surface area contributed by atoms with Crippen molar-refractivity contribution in [3.8, 4) is 0 Å². The molecule has 0 aliphatic heterocycles. The van der Waals surface area contributed by atoms with Crippen molar-refractivity contribution < 1.29 is 35.3 Å². The molecule has 0 bridgehead atoms. The molecule has 0 saturated heterocycles. The van der Waals surface area contributed by atoms with Gasteiger partial charge in [-0.05, 0) is 36.8 Å². The van der Waals surface area contributed by atoms with E-state index in [0.717, 1.165) is 30.3 Å². The first-order valence-corrected chi connectivity index (χ1v) is 10.5. The minimum Gasteiger partial charge on any atom is -0.360 e. The topological polar surface area (TPSA) is 92.5 Å². The standard InChI is InChI=1S/C20H17F4N3O4S/c1-13-10-18(26-31-13)25-19(28)12-27(11-14-6-8-15(21)9-7-14)32(29,30)17-5-3-2-4-16(17)20(22,23)24/h2-10H,11-12H2,1H3,(H,25,26,28). The molecule has 2 aromatic carbocycles. The van der Waals surface area contributed by atoms with Gasteiger partial charge in [0.25, 0.3) is 0 Å². The average molecular weight is 471 g/mol. The van der Waals surface area contributed by atoms with E-state index in [-0.39, 0.29) is 11.4 Å². The highest BCUT2D eigenvalue weighted by Gasteiger charge is 2.39. The zero-order valence-corrected chi connectivity index (χ0v) is 17.4. The van der Waals surface area contributed by atoms with Crippen LogP contribution in [0.5, 0.6) is 0 Å². The van der Waals surface area contributed by atoms with Gasteiger partial charge in [0.2, 0.25) is 15.9 Å². The van der Waals surface area contributed by atoms with Crippen LogP contribution in [0.4, 0.5) is 23.4 Å². The fourth-order valence-electron chi connectivity index (χ4n) is 2.85. The van der Waals surface area contributed by atoms with Crippen LogP contribution in [-0.2, 0) is 27.5 Å². The van der Waals surface area contributed by atoms with Gasteiger partial charge in [-0.2, -0.15) is 17.5 Å². The van der Waals surface area contributed by atoms with Crippen LogP contribution in [0.1, 0.15) is 16.9 Å². The number of rotatable bonds is 7. The molecule has 0 spiro atoms. The van der Waals surface area contributed by atoms with Gasteiger partial charge in [-0.25, -0.2) is 12.8 Å². The fourth-order valence-corrected chi connectivity index (χ4v) is 4.45. The van der Waals surface area contributed by atoms with E-state index in [1.165, 1.54) is 18.2 Å². The lowest BCUT2D eigenvalue weighted by Gasteiger charge is -2.23. The van der Waals surface area contributed by atoms with E-state index in [1.54, 1.807) is 6.92 Å². The Labute approximate surface area is 180 Å². The summed E-state index contributed by atoms with van der Waals surface area (Å²) in [7, 11) is -4.79. The van der Waals surface area contributed by atoms with Crippen molar-refractivity contribution in [2.45, 2.75) is 24.5 Å². The van der Waals surface area contributed by atoms with Crippen molar-refractivity contribution in [1.29, 1.82) is 0 Å². The van der Waals surface area contributed by atoms with Crippen molar-refractivity contribution in [1.82, 2.24) is 9.46 Å². The highest BCUT2D eigenvalue weighted by atomic mass is 32.2. The number of sulfonamides is 1. The van der Waals surface area contributed by atoms with Crippen molar-refractivity contribution in [3.05, 3.63) is 77.3 Å². The molecular formula is C20H17F4N3O4S. The van der Waals surface area contributed by atoms with Gasteiger partial charge in [0, 0.05) is 12.6 Å². The molecule has 1 N–H and O–H groups in total. The third-order valence-electron chi connectivity index (χ3n) is 4.30. The van der Waals surface area contributed by atoms with E-state index in [4.69, 9.17) is 4.52 Å². The number of alkyl halides is 3. The van der Waals surface area contributed by atoms with Gasteiger partial charge in [0.1, 0.15) is 11.6 Å². The molecule has 0 atom stereocenters. The van der Waals surface area contributed by atoms with Gasteiger partial charge in [-0.3, -0.25) is 4.79 Å². The van der Waals surface area contributed by atoms with E-state index in [9.17, 15) is 30.8 Å². The predicted octanol–water partition coefficient (Wildman–Crippen LogP) is 3.97. The first kappa shape index (κ1) is 23.4. The van der Waals surface area contributed by atoms with Crippen LogP contribution in [0.15, 0.2) is 64.0 Å². The van der Waals surface area contributed by atoms with E-state index in [0.29, 0.717) is 16.1 Å². The van der Waals surface area contributed by atoms with Gasteiger partial charge < -0.3 is 9.84 Å². The maximum atomic E-state index is 13.4. The van der Waals surface area contributed by atoms with Crippen LogP contribution >= 0.6 is 0 Å². The Hall–Kier alpha value is -3.25. The van der Waals surface area contributed by atoms with Crippen LogP contribution in [0, 0.1) is 12.7 Å². The molecule has 0 aliphatic carbocycles. The summed E-state index contributed by atoms with van der Waals surface area (Å²) in [6.45, 7) is 0.278. The first-order valence-electron chi connectivity index (χ1n) is 9.11. The Morgan fingerprint density at radius 1 is 1.12 bits per heavy atom. The Kier molecular flexibility index (Phi) is 6.65. The first-order chi connectivity index (χ1) is 15.0. The van der Waals surface area contributed by atoms with Crippen LogP contribution in [0.25, 0.3) is 0 Å². The van der Waals surface area contributed by atoms with Gasteiger partial charge >= 0.3 is 6.18 Å². The second kappa shape index (κ2) is 9.09. The van der Waals surface area contributed by atoms with E-state index >= 15 is 0 Å². The molecule has 12 heteroatoms. The molecule has 0 radical (unpaired) electrons. The predicted molar refractivity (Wildman–Crippen MR) is 105 cm³/mol. The Bertz CT molecular complexity index is 1210. The monoisotopic (exact) mass is 471 g/mol. The minimum absolute atomic E-state index is 0.0160. The van der Waals surface area contributed by atoms with E-state index in [1.807, 2.05) is 0 Å². The van der Waals surface area contributed by atoms with Crippen molar-refractivity contribution in [2.75, 3.05) is 11.9 Å². The SMILES string of the molecule is Cc1cc(NC(=O)CN(Cc2ccc(F)cc2)S(=O)(=O)c2ccccc2C(F)(F)F)no1. The molecule has 3 aromatic rings. The molecule has 0 unspecified atom stereocenters. The number of nitrogens with one attached hydrogen (secondary N) is 1. The molecule has 3 rings (SSSR count). The molecular weight excluding hydrogens is 454 g/mol. The summed E-state index contributed by atoms with van der Waals surface area (Å²) >= 11 is 0. The van der Waals surface area contributed by atoms with Crippen LogP contribution in [-0.4, -0.2) is 30.3 Å². The maximum absolute atomic E-state index is 13.4. The second-order valence-electron chi connectivity index (χ2n) is 6.76. The number of anilines is 1. The number of carbonyl (C=O) groups excluding carboxylic acids is 1. The summed E-state index contributed by atoms with van der Waals surface area (Å²) in [5.41, 5.74) is -1.10. The van der Waals surface area contributed by atoms with Crippen LogP contribution in [0.3, 0.4) is 0 Å². The highest BCUT2D eigenvalue weighted by molar-refractivity contribution is 7.89. The van der Waals surface area contributed by atoms with Gasteiger partial charge in [-0.15, -0.1) is 0 Å². The molecule has 32 heavy (non-hydrogen) atoms. The van der Waals surface area contributed by atoms with Gasteiger partial charge in [0.15, 0.2) is 5.82 Å². The average Bonchev–Trinajstić information content (AvgIpc) is 3.13. The quantitative estimate of drug-likeness (QED) is 0.527. The summed E-state index contributed by atoms with van der Waals surface area (Å²) in [4.78, 5) is 11.5. The third kappa shape index (κ3) is 5.51. The third-order valence-corrected chi connectivity index (χ3v) is 6.15. The Morgan fingerprint density at radius 3 is 2.38 bits per heavy atom. The Balaban J connectivity index is 1.97. The van der Waals surface area contributed by atoms with Crippen molar-refractivity contribution in [3.63, 3.8) is 0 Å². The zero-order valence-electron chi connectivity index (χ0n) is 16.6. The number of benzene rings is 2. The van der Waals surface area contributed by atoms with E-state index in [2.05, 4.69) is 10.5 Å². The summed E-state index contributed by atoms with van der Waals surface area (Å²) in [6, 6.07) is 9.73. The molecule has 0 fully saturated rings. The largest absolute Gasteiger partial charge is 0.417 e. The highest BCUT2D eigenvalue weighted by Crippen LogP contribution is 2.35. The lowest BCUT2D eigenvalue weighted by molar-refractivity contribution is -0.139. The number of carbonyl (C=O) groups is 1. The minimum atomic E-state index is -4.94. The lowest BCUT2D eigenvalue weighted by Crippen LogP contribution is -2.38. The molecule has 1 heterocycles. The van der Waals surface area contributed by atoms with Crippen LogP contribution < -0.4 is 5.32 Å². The maximum Gasteiger partial charge on any atom is 0.417 e. The molecule has 1 aromatic heterocycles. The zero-order chi connectivity index (χ0) is 23.5. The molecule has 0 aliphatic rings. The van der Waals surface area contributed by atoms with Crippen LogP contribution in [0.2, 0.25) is 0 Å². The number of halogens is 4. The number of aryl methyl sites for hydroxylation is 1. The number of hydrogen-bond donors (Lipinski definition) is 1. The lowest BCUT2D eigenvalue weighted by atomic mass is 10.2. The van der Waals surface area contributed by atoms with Gasteiger partial charge in [0.05, 0.1) is 17.0 Å². The number of amides is 1. The molecule has 7 nitrogen and oxygen atoms in total. The summed E-state index contributed by atoms with van der Waals surface area (Å²) < 4.78 is 85.3.